The Hall–Kier alpha value is -2.75. The average Bonchev–Trinajstić information content (AvgIpc) is 2.52. The highest BCUT2D eigenvalue weighted by molar-refractivity contribution is 6.07. The largest absolute Gasteiger partial charge is 0.289 e. The second-order valence-electron chi connectivity index (χ2n) is 6.83. The van der Waals surface area contributed by atoms with Crippen molar-refractivity contribution in [3.05, 3.63) is 80.9 Å². The number of rotatable bonds is 4. The summed E-state index contributed by atoms with van der Waals surface area (Å²) < 4.78 is 0. The Morgan fingerprint density at radius 3 is 2.25 bits per heavy atom. The Labute approximate surface area is 142 Å². The van der Waals surface area contributed by atoms with Crippen LogP contribution in [0.1, 0.15) is 47.8 Å². The van der Waals surface area contributed by atoms with E-state index in [0.29, 0.717) is 11.1 Å². The van der Waals surface area contributed by atoms with E-state index in [9.17, 15) is 14.9 Å². The van der Waals surface area contributed by atoms with Gasteiger partial charge in [0.2, 0.25) is 0 Å². The van der Waals surface area contributed by atoms with E-state index in [0.717, 1.165) is 5.56 Å². The van der Waals surface area contributed by atoms with Gasteiger partial charge in [-0.1, -0.05) is 63.2 Å². The fraction of sp³-hybridized carbons (Fsp3) is 0.250. The van der Waals surface area contributed by atoms with Gasteiger partial charge in [0, 0.05) is 17.2 Å². The molecule has 124 valence electrons. The molecule has 0 amide bonds. The van der Waals surface area contributed by atoms with Crippen LogP contribution >= 0.6 is 0 Å². The van der Waals surface area contributed by atoms with E-state index in [1.54, 1.807) is 25.1 Å². The lowest BCUT2D eigenvalue weighted by Crippen LogP contribution is -2.10. The minimum atomic E-state index is -0.471. The van der Waals surface area contributed by atoms with Crippen LogP contribution < -0.4 is 0 Å². The molecule has 0 spiro atoms. The highest BCUT2D eigenvalue weighted by Gasteiger charge is 2.14. The van der Waals surface area contributed by atoms with Gasteiger partial charge in [0.25, 0.3) is 5.69 Å². The SMILES string of the molecule is Cc1ccc(C(=O)/C=C/c2ccc(C(C)(C)C)cc2)cc1[N+](=O)[O-]. The maximum Gasteiger partial charge on any atom is 0.273 e. The van der Waals surface area contributed by atoms with Crippen molar-refractivity contribution < 1.29 is 9.72 Å². The van der Waals surface area contributed by atoms with Gasteiger partial charge in [-0.3, -0.25) is 14.9 Å². The Morgan fingerprint density at radius 1 is 1.08 bits per heavy atom. The molecule has 24 heavy (non-hydrogen) atoms. The third kappa shape index (κ3) is 4.16. The van der Waals surface area contributed by atoms with E-state index in [-0.39, 0.29) is 16.9 Å². The molecule has 0 radical (unpaired) electrons. The molecule has 2 rings (SSSR count). The van der Waals surface area contributed by atoms with Gasteiger partial charge in [0.1, 0.15) is 0 Å². The van der Waals surface area contributed by atoms with Gasteiger partial charge >= 0.3 is 0 Å². The molecule has 0 N–H and O–H groups in total. The van der Waals surface area contributed by atoms with E-state index >= 15 is 0 Å². The molecule has 0 aliphatic heterocycles. The van der Waals surface area contributed by atoms with E-state index in [4.69, 9.17) is 0 Å². The Bertz CT molecular complexity index is 797. The molecule has 0 bridgehead atoms. The highest BCUT2D eigenvalue weighted by Crippen LogP contribution is 2.23. The zero-order chi connectivity index (χ0) is 17.9. The number of ketones is 1. The van der Waals surface area contributed by atoms with Crippen LogP contribution in [0, 0.1) is 17.0 Å². The van der Waals surface area contributed by atoms with Crippen LogP contribution in [0.5, 0.6) is 0 Å². The number of carbonyl (C=O) groups is 1. The molecule has 0 aromatic heterocycles. The normalized spacial score (nSPS) is 11.7. The first-order valence-electron chi connectivity index (χ1n) is 7.76. The minimum Gasteiger partial charge on any atom is -0.289 e. The number of nitro groups is 1. The number of allylic oxidation sites excluding steroid dienone is 1. The number of hydrogen-bond acceptors (Lipinski definition) is 3. The number of benzene rings is 2. The van der Waals surface area contributed by atoms with Crippen LogP contribution in [0.15, 0.2) is 48.5 Å². The molecule has 0 saturated heterocycles. The molecule has 0 aliphatic carbocycles. The van der Waals surface area contributed by atoms with Gasteiger partial charge in [0.15, 0.2) is 5.78 Å². The summed E-state index contributed by atoms with van der Waals surface area (Å²) >= 11 is 0. The average molecular weight is 323 g/mol. The molecule has 0 heterocycles. The first-order chi connectivity index (χ1) is 11.2. The van der Waals surface area contributed by atoms with Crippen molar-refractivity contribution in [1.29, 1.82) is 0 Å². The lowest BCUT2D eigenvalue weighted by atomic mass is 9.87. The van der Waals surface area contributed by atoms with Gasteiger partial charge in [0.05, 0.1) is 4.92 Å². The second-order valence-corrected chi connectivity index (χ2v) is 6.83. The number of nitrogens with zero attached hydrogens (tertiary/aromatic N) is 1. The van der Waals surface area contributed by atoms with Gasteiger partial charge in [-0.05, 0) is 29.5 Å². The van der Waals surface area contributed by atoms with Crippen LogP contribution in [0.4, 0.5) is 5.69 Å². The van der Waals surface area contributed by atoms with Crippen molar-refractivity contribution in [2.45, 2.75) is 33.1 Å². The van der Waals surface area contributed by atoms with Gasteiger partial charge < -0.3 is 0 Å². The van der Waals surface area contributed by atoms with Crippen molar-refractivity contribution in [3.63, 3.8) is 0 Å². The second kappa shape index (κ2) is 6.79. The predicted molar refractivity (Wildman–Crippen MR) is 96.3 cm³/mol. The van der Waals surface area contributed by atoms with Crippen LogP contribution in [0.25, 0.3) is 6.08 Å². The summed E-state index contributed by atoms with van der Waals surface area (Å²) in [5, 5.41) is 11.0. The summed E-state index contributed by atoms with van der Waals surface area (Å²) in [5.74, 6) is -0.252. The molecule has 0 saturated carbocycles. The lowest BCUT2D eigenvalue weighted by Gasteiger charge is -2.18. The number of aryl methyl sites for hydroxylation is 1. The molecule has 0 fully saturated rings. The Morgan fingerprint density at radius 2 is 1.71 bits per heavy atom. The summed E-state index contributed by atoms with van der Waals surface area (Å²) in [6, 6.07) is 12.5. The summed E-state index contributed by atoms with van der Waals surface area (Å²) in [6.45, 7) is 8.09. The van der Waals surface area contributed by atoms with Crippen LogP contribution in [0.3, 0.4) is 0 Å². The molecular weight excluding hydrogens is 302 g/mol. The molecule has 4 heteroatoms. The molecule has 2 aromatic carbocycles. The van der Waals surface area contributed by atoms with Gasteiger partial charge in [-0.15, -0.1) is 0 Å². The number of carbonyl (C=O) groups excluding carboxylic acids is 1. The lowest BCUT2D eigenvalue weighted by molar-refractivity contribution is -0.385. The van der Waals surface area contributed by atoms with Crippen LogP contribution in [0.2, 0.25) is 0 Å². The summed E-state index contributed by atoms with van der Waals surface area (Å²) in [5.41, 5.74) is 3.04. The van der Waals surface area contributed by atoms with Crippen molar-refractivity contribution >= 4 is 17.5 Å². The van der Waals surface area contributed by atoms with Gasteiger partial charge in [-0.25, -0.2) is 0 Å². The third-order valence-electron chi connectivity index (χ3n) is 3.89. The molecule has 0 aliphatic rings. The van der Waals surface area contributed by atoms with Crippen molar-refractivity contribution in [1.82, 2.24) is 0 Å². The van der Waals surface area contributed by atoms with E-state index in [1.807, 2.05) is 24.3 Å². The smallest absolute Gasteiger partial charge is 0.273 e. The van der Waals surface area contributed by atoms with Crippen LogP contribution in [-0.4, -0.2) is 10.7 Å². The Kier molecular flexibility index (Phi) is 4.98. The zero-order valence-electron chi connectivity index (χ0n) is 14.4. The maximum absolute atomic E-state index is 12.2. The predicted octanol–water partition coefficient (Wildman–Crippen LogP) is 5.10. The molecule has 0 unspecified atom stereocenters. The third-order valence-corrected chi connectivity index (χ3v) is 3.89. The zero-order valence-corrected chi connectivity index (χ0v) is 14.4. The first kappa shape index (κ1) is 17.6. The van der Waals surface area contributed by atoms with Crippen molar-refractivity contribution in [3.8, 4) is 0 Å². The maximum atomic E-state index is 12.2. The number of nitro benzene ring substituents is 1. The van der Waals surface area contributed by atoms with E-state index < -0.39 is 4.92 Å². The van der Waals surface area contributed by atoms with Crippen LogP contribution in [-0.2, 0) is 5.41 Å². The van der Waals surface area contributed by atoms with Gasteiger partial charge in [-0.2, -0.15) is 0 Å². The first-order valence-corrected chi connectivity index (χ1v) is 7.76. The summed E-state index contributed by atoms with van der Waals surface area (Å²) in [4.78, 5) is 22.7. The summed E-state index contributed by atoms with van der Waals surface area (Å²) in [7, 11) is 0. The fourth-order valence-electron chi connectivity index (χ4n) is 2.32. The monoisotopic (exact) mass is 323 g/mol. The van der Waals surface area contributed by atoms with E-state index in [1.165, 1.54) is 17.7 Å². The molecule has 4 nitrogen and oxygen atoms in total. The molecular formula is C20H21NO3. The number of hydrogen-bond donors (Lipinski definition) is 0. The topological polar surface area (TPSA) is 60.2 Å². The molecule has 2 aromatic rings. The fourth-order valence-corrected chi connectivity index (χ4v) is 2.32. The highest BCUT2D eigenvalue weighted by atomic mass is 16.6. The Balaban J connectivity index is 2.19. The minimum absolute atomic E-state index is 0.0382. The van der Waals surface area contributed by atoms with Crippen molar-refractivity contribution in [2.24, 2.45) is 0 Å². The van der Waals surface area contributed by atoms with E-state index in [2.05, 4.69) is 20.8 Å². The van der Waals surface area contributed by atoms with Crippen molar-refractivity contribution in [2.75, 3.05) is 0 Å². The summed E-state index contributed by atoms with van der Waals surface area (Å²) in [6.07, 6.45) is 3.17. The standard InChI is InChI=1S/C20H21NO3/c1-14-5-9-16(13-18(14)21(23)24)19(22)12-8-15-6-10-17(11-7-15)20(2,3)4/h5-13H,1-4H3/b12-8+. The quantitative estimate of drug-likeness (QED) is 0.340. The molecule has 0 atom stereocenters.